The maximum Gasteiger partial charge on any atom is 0.317 e. The minimum absolute atomic E-state index is 0.0635. The van der Waals surface area contributed by atoms with Crippen molar-refractivity contribution in [2.45, 2.75) is 19.9 Å². The van der Waals surface area contributed by atoms with E-state index in [0.717, 1.165) is 22.0 Å². The maximum atomic E-state index is 12.9. The summed E-state index contributed by atoms with van der Waals surface area (Å²) >= 11 is 1.40. The van der Waals surface area contributed by atoms with Gasteiger partial charge in [-0.1, -0.05) is 65.9 Å². The summed E-state index contributed by atoms with van der Waals surface area (Å²) in [5, 5.41) is 8.54. The van der Waals surface area contributed by atoms with Gasteiger partial charge in [-0.05, 0) is 30.5 Å². The third-order valence-corrected chi connectivity index (χ3v) is 7.09. The Balaban J connectivity index is 1.18. The number of piperazine rings is 1. The van der Waals surface area contributed by atoms with E-state index < -0.39 is 0 Å². The number of urea groups is 1. The van der Waals surface area contributed by atoms with Gasteiger partial charge in [-0.3, -0.25) is 4.79 Å². The molecule has 4 aromatic rings. The van der Waals surface area contributed by atoms with Crippen molar-refractivity contribution >= 4 is 27.5 Å². The Morgan fingerprint density at radius 3 is 2.38 bits per heavy atom. The predicted octanol–water partition coefficient (Wildman–Crippen LogP) is 3.72. The molecule has 174 valence electrons. The molecule has 5 rings (SSSR count). The Morgan fingerprint density at radius 1 is 1.00 bits per heavy atom. The fraction of sp³-hybridized carbons (Fsp3) is 0.280. The predicted molar refractivity (Wildman–Crippen MR) is 134 cm³/mol. The summed E-state index contributed by atoms with van der Waals surface area (Å²) in [6, 6.07) is 19.9. The minimum Gasteiger partial charge on any atom is -0.343 e. The lowest BCUT2D eigenvalue weighted by molar-refractivity contribution is 0.191. The molecule has 1 fully saturated rings. The van der Waals surface area contributed by atoms with Gasteiger partial charge in [0.1, 0.15) is 0 Å². The van der Waals surface area contributed by atoms with E-state index in [0.29, 0.717) is 31.1 Å². The topological polar surface area (TPSA) is 82.8 Å². The zero-order valence-corrected chi connectivity index (χ0v) is 20.0. The van der Waals surface area contributed by atoms with Gasteiger partial charge >= 0.3 is 6.03 Å². The lowest BCUT2D eigenvalue weighted by atomic mass is 10.0. The first kappa shape index (κ1) is 22.1. The summed E-state index contributed by atoms with van der Waals surface area (Å²) in [6.45, 7) is 6.41. The SMILES string of the molecule is Cc1cc(=O)nc2sc(N3CCN(C(=O)NC(C)c4ccc(-c5ccccc5)cc4)CC3)nn12. The highest BCUT2D eigenvalue weighted by molar-refractivity contribution is 7.20. The number of benzene rings is 2. The Morgan fingerprint density at radius 2 is 1.68 bits per heavy atom. The van der Waals surface area contributed by atoms with Gasteiger partial charge in [-0.15, -0.1) is 5.10 Å². The molecular weight excluding hydrogens is 448 g/mol. The van der Waals surface area contributed by atoms with Crippen LogP contribution in [0.15, 0.2) is 65.5 Å². The molecule has 1 unspecified atom stereocenters. The third kappa shape index (κ3) is 4.51. The van der Waals surface area contributed by atoms with E-state index in [1.165, 1.54) is 23.0 Å². The van der Waals surface area contributed by atoms with Crippen LogP contribution >= 0.6 is 11.3 Å². The third-order valence-electron chi connectivity index (χ3n) is 6.12. The lowest BCUT2D eigenvalue weighted by Gasteiger charge is -2.35. The maximum absolute atomic E-state index is 12.9. The standard InChI is InChI=1S/C25H26N6O2S/c1-17-16-22(32)27-24-31(17)28-25(34-24)30-14-12-29(13-15-30)23(33)26-18(2)19-8-10-21(11-9-19)20-6-4-3-5-7-20/h3-11,16,18H,12-15H2,1-2H3,(H,26,33). The van der Waals surface area contributed by atoms with Crippen LogP contribution in [0.3, 0.4) is 0 Å². The van der Waals surface area contributed by atoms with Crippen LogP contribution in [-0.4, -0.2) is 51.7 Å². The van der Waals surface area contributed by atoms with Crippen molar-refractivity contribution in [3.63, 3.8) is 0 Å². The lowest BCUT2D eigenvalue weighted by Crippen LogP contribution is -2.52. The molecule has 0 saturated carbocycles. The highest BCUT2D eigenvalue weighted by atomic mass is 32.1. The van der Waals surface area contributed by atoms with Crippen molar-refractivity contribution in [3.05, 3.63) is 82.3 Å². The van der Waals surface area contributed by atoms with Gasteiger partial charge in [0, 0.05) is 37.9 Å². The van der Waals surface area contributed by atoms with Crippen LogP contribution in [-0.2, 0) is 0 Å². The summed E-state index contributed by atoms with van der Waals surface area (Å²) in [6.07, 6.45) is 0. The van der Waals surface area contributed by atoms with Gasteiger partial charge in [0.05, 0.1) is 6.04 Å². The van der Waals surface area contributed by atoms with Crippen molar-refractivity contribution in [2.24, 2.45) is 0 Å². The van der Waals surface area contributed by atoms with Crippen LogP contribution in [0.4, 0.5) is 9.93 Å². The molecule has 2 aromatic carbocycles. The van der Waals surface area contributed by atoms with Crippen molar-refractivity contribution in [1.82, 2.24) is 24.8 Å². The normalized spacial score (nSPS) is 14.9. The molecule has 1 N–H and O–H groups in total. The smallest absolute Gasteiger partial charge is 0.317 e. The number of nitrogens with zero attached hydrogens (tertiary/aromatic N) is 5. The van der Waals surface area contributed by atoms with E-state index in [-0.39, 0.29) is 17.6 Å². The Kier molecular flexibility index (Phi) is 6.02. The molecule has 0 radical (unpaired) electrons. The quantitative estimate of drug-likeness (QED) is 0.488. The summed E-state index contributed by atoms with van der Waals surface area (Å²) < 4.78 is 1.70. The van der Waals surface area contributed by atoms with E-state index in [1.807, 2.05) is 36.9 Å². The second-order valence-electron chi connectivity index (χ2n) is 8.45. The molecule has 34 heavy (non-hydrogen) atoms. The number of rotatable bonds is 4. The molecule has 3 heterocycles. The van der Waals surface area contributed by atoms with E-state index in [9.17, 15) is 9.59 Å². The first-order valence-corrected chi connectivity index (χ1v) is 12.1. The van der Waals surface area contributed by atoms with Crippen LogP contribution in [0.1, 0.15) is 24.2 Å². The van der Waals surface area contributed by atoms with Crippen LogP contribution in [0, 0.1) is 6.92 Å². The number of amides is 2. The van der Waals surface area contributed by atoms with E-state index >= 15 is 0 Å². The van der Waals surface area contributed by atoms with Gasteiger partial charge in [-0.25, -0.2) is 9.31 Å². The summed E-state index contributed by atoms with van der Waals surface area (Å²) in [5.41, 5.74) is 3.91. The van der Waals surface area contributed by atoms with Crippen molar-refractivity contribution in [1.29, 1.82) is 0 Å². The van der Waals surface area contributed by atoms with Crippen molar-refractivity contribution < 1.29 is 4.79 Å². The van der Waals surface area contributed by atoms with Gasteiger partial charge < -0.3 is 15.1 Å². The first-order chi connectivity index (χ1) is 16.5. The molecule has 2 amide bonds. The Labute approximate surface area is 201 Å². The van der Waals surface area contributed by atoms with Gasteiger partial charge in [0.25, 0.3) is 5.56 Å². The highest BCUT2D eigenvalue weighted by Crippen LogP contribution is 2.24. The zero-order chi connectivity index (χ0) is 23.7. The van der Waals surface area contributed by atoms with Crippen molar-refractivity contribution in [3.8, 4) is 11.1 Å². The first-order valence-electron chi connectivity index (χ1n) is 11.3. The number of carbonyl (C=O) groups excluding carboxylic acids is 1. The summed E-state index contributed by atoms with van der Waals surface area (Å²) in [7, 11) is 0. The van der Waals surface area contributed by atoms with E-state index in [4.69, 9.17) is 0 Å². The molecule has 0 bridgehead atoms. The average molecular weight is 475 g/mol. The molecule has 0 spiro atoms. The Hall–Kier alpha value is -3.72. The fourth-order valence-electron chi connectivity index (χ4n) is 4.12. The summed E-state index contributed by atoms with van der Waals surface area (Å²) in [5.74, 6) is 0. The number of hydrogen-bond acceptors (Lipinski definition) is 6. The molecule has 0 aliphatic carbocycles. The molecule has 1 saturated heterocycles. The van der Waals surface area contributed by atoms with Crippen LogP contribution in [0.2, 0.25) is 0 Å². The summed E-state index contributed by atoms with van der Waals surface area (Å²) in [4.78, 5) is 33.1. The largest absolute Gasteiger partial charge is 0.343 e. The minimum atomic E-state index is -0.252. The molecule has 8 nitrogen and oxygen atoms in total. The molecule has 2 aromatic heterocycles. The van der Waals surface area contributed by atoms with E-state index in [2.05, 4.69) is 56.7 Å². The second-order valence-corrected chi connectivity index (χ2v) is 9.38. The number of aromatic nitrogens is 3. The molecule has 9 heteroatoms. The number of aryl methyl sites for hydroxylation is 1. The molecule has 1 aliphatic heterocycles. The van der Waals surface area contributed by atoms with Gasteiger partial charge in [0.2, 0.25) is 10.1 Å². The highest BCUT2D eigenvalue weighted by Gasteiger charge is 2.24. The van der Waals surface area contributed by atoms with Crippen molar-refractivity contribution in [2.75, 3.05) is 31.1 Å². The number of carbonyl (C=O) groups is 1. The fourth-order valence-corrected chi connectivity index (χ4v) is 5.13. The number of nitrogens with one attached hydrogen (secondary N) is 1. The van der Waals surface area contributed by atoms with Crippen LogP contribution in [0.5, 0.6) is 0 Å². The van der Waals surface area contributed by atoms with Crippen LogP contribution < -0.4 is 15.8 Å². The van der Waals surface area contributed by atoms with Gasteiger partial charge in [-0.2, -0.15) is 4.98 Å². The number of anilines is 1. The number of fused-ring (bicyclic) bond motifs is 1. The molecule has 1 aliphatic rings. The Bertz CT molecular complexity index is 1360. The average Bonchev–Trinajstić information content (AvgIpc) is 3.29. The van der Waals surface area contributed by atoms with E-state index in [1.54, 1.807) is 4.52 Å². The second kappa shape index (κ2) is 9.26. The number of hydrogen-bond donors (Lipinski definition) is 1. The molecular formula is C25H26N6O2S. The monoisotopic (exact) mass is 474 g/mol. The zero-order valence-electron chi connectivity index (χ0n) is 19.1. The van der Waals surface area contributed by atoms with Crippen LogP contribution in [0.25, 0.3) is 16.1 Å². The van der Waals surface area contributed by atoms with Gasteiger partial charge in [0.15, 0.2) is 0 Å². The molecule has 1 atom stereocenters.